The van der Waals surface area contributed by atoms with Crippen LogP contribution in [-0.2, 0) is 0 Å². The van der Waals surface area contributed by atoms with Gasteiger partial charge in [0.1, 0.15) is 0 Å². The van der Waals surface area contributed by atoms with Gasteiger partial charge in [-0.15, -0.1) is 0 Å². The molecule has 1 aliphatic carbocycles. The highest BCUT2D eigenvalue weighted by Gasteiger charge is 2.24. The molecule has 1 fully saturated rings. The smallest absolute Gasteiger partial charge is 0.0541 e. The van der Waals surface area contributed by atoms with E-state index >= 15 is 0 Å². The van der Waals surface area contributed by atoms with Crippen LogP contribution in [0.4, 0.5) is 0 Å². The summed E-state index contributed by atoms with van der Waals surface area (Å²) in [5.41, 5.74) is 0. The summed E-state index contributed by atoms with van der Waals surface area (Å²) >= 11 is 0. The Morgan fingerprint density at radius 2 is 1.85 bits per heavy atom. The van der Waals surface area contributed by atoms with Crippen molar-refractivity contribution in [3.05, 3.63) is 0 Å². The molecule has 0 radical (unpaired) electrons. The zero-order valence-corrected chi connectivity index (χ0v) is 9.16. The SMILES string of the molecule is CCC(C)N(C)C1CCC(O)CC1. The van der Waals surface area contributed by atoms with E-state index < -0.39 is 0 Å². The van der Waals surface area contributed by atoms with E-state index in [0.29, 0.717) is 12.1 Å². The Hall–Kier alpha value is -0.0800. The van der Waals surface area contributed by atoms with Gasteiger partial charge in [-0.3, -0.25) is 0 Å². The van der Waals surface area contributed by atoms with Crippen molar-refractivity contribution in [1.82, 2.24) is 4.90 Å². The maximum atomic E-state index is 9.39. The predicted octanol–water partition coefficient (Wildman–Crippen LogP) is 2.02. The maximum Gasteiger partial charge on any atom is 0.0541 e. The molecule has 0 bridgehead atoms. The summed E-state index contributed by atoms with van der Waals surface area (Å²) < 4.78 is 0. The van der Waals surface area contributed by atoms with Gasteiger partial charge in [0, 0.05) is 12.1 Å². The van der Waals surface area contributed by atoms with E-state index in [1.165, 1.54) is 19.3 Å². The number of nitrogens with zero attached hydrogens (tertiary/aromatic N) is 1. The molecule has 1 aliphatic rings. The second kappa shape index (κ2) is 4.97. The van der Waals surface area contributed by atoms with Crippen molar-refractivity contribution in [1.29, 1.82) is 0 Å². The van der Waals surface area contributed by atoms with Crippen LogP contribution in [0.2, 0.25) is 0 Å². The Balaban J connectivity index is 2.35. The second-order valence-corrected chi connectivity index (χ2v) is 4.39. The minimum absolute atomic E-state index is 0.0263. The molecule has 0 aliphatic heterocycles. The molecule has 13 heavy (non-hydrogen) atoms. The first-order valence-electron chi connectivity index (χ1n) is 5.55. The fraction of sp³-hybridized carbons (Fsp3) is 1.00. The van der Waals surface area contributed by atoms with Crippen LogP contribution >= 0.6 is 0 Å². The highest BCUT2D eigenvalue weighted by molar-refractivity contribution is 4.79. The lowest BCUT2D eigenvalue weighted by atomic mass is 9.91. The average Bonchev–Trinajstić information content (AvgIpc) is 2.17. The summed E-state index contributed by atoms with van der Waals surface area (Å²) in [6, 6.07) is 1.39. The van der Waals surface area contributed by atoms with E-state index in [0.717, 1.165) is 12.8 Å². The summed E-state index contributed by atoms with van der Waals surface area (Å²) in [6.07, 6.45) is 5.51. The Labute approximate surface area is 81.9 Å². The highest BCUT2D eigenvalue weighted by atomic mass is 16.3. The van der Waals surface area contributed by atoms with E-state index in [9.17, 15) is 5.11 Å². The molecule has 0 aromatic rings. The Morgan fingerprint density at radius 3 is 2.31 bits per heavy atom. The molecule has 0 amide bonds. The summed E-state index contributed by atoms with van der Waals surface area (Å²) in [6.45, 7) is 4.52. The molecule has 1 saturated carbocycles. The minimum atomic E-state index is -0.0263. The van der Waals surface area contributed by atoms with E-state index in [-0.39, 0.29) is 6.10 Å². The third kappa shape index (κ3) is 2.96. The monoisotopic (exact) mass is 185 g/mol. The quantitative estimate of drug-likeness (QED) is 0.727. The average molecular weight is 185 g/mol. The van der Waals surface area contributed by atoms with Crippen LogP contribution < -0.4 is 0 Å². The third-order valence-corrected chi connectivity index (χ3v) is 3.53. The number of aliphatic hydroxyl groups is 1. The molecule has 78 valence electrons. The van der Waals surface area contributed by atoms with E-state index in [1.54, 1.807) is 0 Å². The van der Waals surface area contributed by atoms with Gasteiger partial charge in [-0.05, 0) is 46.1 Å². The Bertz CT molecular complexity index is 141. The van der Waals surface area contributed by atoms with Crippen molar-refractivity contribution in [2.75, 3.05) is 7.05 Å². The second-order valence-electron chi connectivity index (χ2n) is 4.39. The van der Waals surface area contributed by atoms with Gasteiger partial charge in [0.2, 0.25) is 0 Å². The van der Waals surface area contributed by atoms with Crippen molar-refractivity contribution in [3.63, 3.8) is 0 Å². The van der Waals surface area contributed by atoms with Crippen molar-refractivity contribution in [2.24, 2.45) is 0 Å². The number of hydrogen-bond acceptors (Lipinski definition) is 2. The molecule has 2 nitrogen and oxygen atoms in total. The molecule has 0 spiro atoms. The fourth-order valence-corrected chi connectivity index (χ4v) is 2.11. The van der Waals surface area contributed by atoms with Crippen molar-refractivity contribution >= 4 is 0 Å². The van der Waals surface area contributed by atoms with Gasteiger partial charge < -0.3 is 10.0 Å². The van der Waals surface area contributed by atoms with E-state index in [4.69, 9.17) is 0 Å². The number of rotatable bonds is 3. The zero-order valence-electron chi connectivity index (χ0n) is 9.16. The lowest BCUT2D eigenvalue weighted by Crippen LogP contribution is -2.41. The molecule has 1 N–H and O–H groups in total. The predicted molar refractivity (Wildman–Crippen MR) is 55.8 cm³/mol. The maximum absolute atomic E-state index is 9.39. The van der Waals surface area contributed by atoms with Crippen LogP contribution in [0.1, 0.15) is 46.0 Å². The number of hydrogen-bond donors (Lipinski definition) is 1. The van der Waals surface area contributed by atoms with Crippen LogP contribution in [0, 0.1) is 0 Å². The molecule has 1 atom stereocenters. The number of aliphatic hydroxyl groups excluding tert-OH is 1. The van der Waals surface area contributed by atoms with Gasteiger partial charge in [0.05, 0.1) is 6.10 Å². The van der Waals surface area contributed by atoms with Crippen LogP contribution in [-0.4, -0.2) is 35.2 Å². The first kappa shape index (κ1) is 11.0. The molecule has 1 rings (SSSR count). The van der Waals surface area contributed by atoms with Gasteiger partial charge in [-0.2, -0.15) is 0 Å². The Kier molecular flexibility index (Phi) is 4.20. The molecule has 0 heterocycles. The van der Waals surface area contributed by atoms with Crippen LogP contribution in [0.5, 0.6) is 0 Å². The lowest BCUT2D eigenvalue weighted by Gasteiger charge is -2.36. The van der Waals surface area contributed by atoms with Gasteiger partial charge in [0.15, 0.2) is 0 Å². The first-order chi connectivity index (χ1) is 6.15. The minimum Gasteiger partial charge on any atom is -0.393 e. The normalized spacial score (nSPS) is 32.1. The first-order valence-corrected chi connectivity index (χ1v) is 5.55. The van der Waals surface area contributed by atoms with Gasteiger partial charge in [-0.25, -0.2) is 0 Å². The van der Waals surface area contributed by atoms with Crippen LogP contribution in [0.15, 0.2) is 0 Å². The zero-order chi connectivity index (χ0) is 9.84. The molecule has 0 aromatic carbocycles. The van der Waals surface area contributed by atoms with Crippen molar-refractivity contribution in [3.8, 4) is 0 Å². The van der Waals surface area contributed by atoms with Crippen molar-refractivity contribution in [2.45, 2.75) is 64.1 Å². The van der Waals surface area contributed by atoms with E-state index in [2.05, 4.69) is 25.8 Å². The fourth-order valence-electron chi connectivity index (χ4n) is 2.11. The molecule has 0 saturated heterocycles. The molecular weight excluding hydrogens is 162 g/mol. The molecule has 1 unspecified atom stereocenters. The summed E-state index contributed by atoms with van der Waals surface area (Å²) in [4.78, 5) is 2.48. The summed E-state index contributed by atoms with van der Waals surface area (Å²) in [5.74, 6) is 0. The summed E-state index contributed by atoms with van der Waals surface area (Å²) in [7, 11) is 2.22. The van der Waals surface area contributed by atoms with Crippen LogP contribution in [0.3, 0.4) is 0 Å². The van der Waals surface area contributed by atoms with Gasteiger partial charge in [0.25, 0.3) is 0 Å². The molecule has 2 heteroatoms. The standard InChI is InChI=1S/C11H23NO/c1-4-9(2)12(3)10-5-7-11(13)8-6-10/h9-11,13H,4-8H2,1-3H3. The molecular formula is C11H23NO. The topological polar surface area (TPSA) is 23.5 Å². The lowest BCUT2D eigenvalue weighted by molar-refractivity contribution is 0.0693. The highest BCUT2D eigenvalue weighted by Crippen LogP contribution is 2.23. The third-order valence-electron chi connectivity index (χ3n) is 3.53. The van der Waals surface area contributed by atoms with Crippen LogP contribution in [0.25, 0.3) is 0 Å². The van der Waals surface area contributed by atoms with Gasteiger partial charge in [-0.1, -0.05) is 6.92 Å². The molecule has 0 aromatic heterocycles. The van der Waals surface area contributed by atoms with Gasteiger partial charge >= 0.3 is 0 Å². The Morgan fingerprint density at radius 1 is 1.31 bits per heavy atom. The summed E-state index contributed by atoms with van der Waals surface area (Å²) in [5, 5.41) is 9.39. The largest absolute Gasteiger partial charge is 0.393 e. The van der Waals surface area contributed by atoms with Crippen molar-refractivity contribution < 1.29 is 5.11 Å². The van der Waals surface area contributed by atoms with E-state index in [1.807, 2.05) is 0 Å².